The van der Waals surface area contributed by atoms with E-state index in [9.17, 15) is 14.7 Å². The molecule has 9 heteroatoms. The molecule has 2 fully saturated rings. The van der Waals surface area contributed by atoms with Gasteiger partial charge in [-0.3, -0.25) is 19.4 Å². The fourth-order valence-electron chi connectivity index (χ4n) is 6.26. The number of carbonyl (C=O) groups excluding carboxylic acids is 1. The number of aryl methyl sites for hydroxylation is 1. The Morgan fingerprint density at radius 3 is 2.64 bits per heavy atom. The minimum atomic E-state index is -0.781. The Morgan fingerprint density at radius 1 is 1.05 bits per heavy atom. The van der Waals surface area contributed by atoms with E-state index in [1.165, 1.54) is 0 Å². The highest BCUT2D eigenvalue weighted by molar-refractivity contribution is 5.98. The molecule has 0 spiro atoms. The van der Waals surface area contributed by atoms with Crippen LogP contribution in [-0.2, 0) is 13.1 Å². The first-order chi connectivity index (χ1) is 19.0. The lowest BCUT2D eigenvalue weighted by atomic mass is 9.84. The number of amides is 1. The van der Waals surface area contributed by atoms with E-state index in [0.717, 1.165) is 48.9 Å². The van der Waals surface area contributed by atoms with Crippen molar-refractivity contribution in [1.82, 2.24) is 29.5 Å². The monoisotopic (exact) mass is 528 g/mol. The number of nitrogens with zero attached hydrogens (tertiary/aromatic N) is 4. The van der Waals surface area contributed by atoms with Crippen molar-refractivity contribution in [3.05, 3.63) is 77.0 Å². The summed E-state index contributed by atoms with van der Waals surface area (Å²) in [4.78, 5) is 33.1. The molecule has 0 unspecified atom stereocenters. The van der Waals surface area contributed by atoms with Crippen LogP contribution in [0, 0.1) is 0 Å². The molecule has 1 amide bonds. The predicted octanol–water partition coefficient (Wildman–Crippen LogP) is 3.39. The molecule has 1 aliphatic carbocycles. The van der Waals surface area contributed by atoms with Gasteiger partial charge in [0.15, 0.2) is 5.69 Å². The van der Waals surface area contributed by atoms with Crippen LogP contribution in [0.1, 0.15) is 49.0 Å². The summed E-state index contributed by atoms with van der Waals surface area (Å²) in [6, 6.07) is 17.4. The molecule has 6 rings (SSSR count). The molecule has 3 N–H and O–H groups in total. The fraction of sp³-hybridized carbons (Fsp3) is 0.433. The average Bonchev–Trinajstić information content (AvgIpc) is 3.53. The summed E-state index contributed by atoms with van der Waals surface area (Å²) in [5.74, 6) is -0.0967. The van der Waals surface area contributed by atoms with E-state index in [2.05, 4.69) is 15.4 Å². The number of piperazine rings is 1. The van der Waals surface area contributed by atoms with Gasteiger partial charge in [0.1, 0.15) is 0 Å². The number of para-hydroxylation sites is 1. The molecule has 0 radical (unpaired) electrons. The molecule has 39 heavy (non-hydrogen) atoms. The quantitative estimate of drug-likeness (QED) is 0.341. The number of carbonyl (C=O) groups is 1. The lowest BCUT2D eigenvalue weighted by Crippen LogP contribution is -2.54. The number of fused-ring (bicyclic) bond motifs is 1. The summed E-state index contributed by atoms with van der Waals surface area (Å²) in [6.45, 7) is 2.99. The van der Waals surface area contributed by atoms with E-state index in [0.29, 0.717) is 50.2 Å². The van der Waals surface area contributed by atoms with Crippen LogP contribution in [-0.4, -0.2) is 66.5 Å². The number of nitrogens with one attached hydrogen (secondary N) is 2. The van der Waals surface area contributed by atoms with Crippen molar-refractivity contribution in [3.63, 3.8) is 0 Å². The molecule has 1 aliphatic heterocycles. The number of rotatable bonds is 7. The van der Waals surface area contributed by atoms with Gasteiger partial charge in [-0.1, -0.05) is 61.7 Å². The molecule has 0 bridgehead atoms. The molecule has 4 aromatic rings. The van der Waals surface area contributed by atoms with Crippen LogP contribution >= 0.6 is 0 Å². The van der Waals surface area contributed by atoms with Crippen molar-refractivity contribution in [2.24, 2.45) is 0 Å². The number of benzene rings is 2. The maximum Gasteiger partial charge on any atom is 0.275 e. The lowest BCUT2D eigenvalue weighted by molar-refractivity contribution is -0.0111. The van der Waals surface area contributed by atoms with Gasteiger partial charge in [-0.2, -0.15) is 0 Å². The Labute approximate surface area is 227 Å². The van der Waals surface area contributed by atoms with E-state index in [-0.39, 0.29) is 17.5 Å². The van der Waals surface area contributed by atoms with E-state index < -0.39 is 5.60 Å². The summed E-state index contributed by atoms with van der Waals surface area (Å²) < 4.78 is 3.85. The first-order valence-electron chi connectivity index (χ1n) is 14.0. The number of aromatic amines is 1. The van der Waals surface area contributed by atoms with Gasteiger partial charge < -0.3 is 19.9 Å². The molecule has 1 saturated carbocycles. The molecule has 2 aliphatic rings. The molecule has 2 aromatic carbocycles. The molecule has 204 valence electrons. The fourth-order valence-corrected chi connectivity index (χ4v) is 6.26. The molecular weight excluding hydrogens is 492 g/mol. The topological polar surface area (TPSA) is 108 Å². The van der Waals surface area contributed by atoms with Crippen LogP contribution in [0.3, 0.4) is 0 Å². The number of aliphatic hydroxyl groups is 1. The number of aromatic nitrogens is 4. The van der Waals surface area contributed by atoms with Crippen molar-refractivity contribution in [1.29, 1.82) is 0 Å². The molecule has 1 atom stereocenters. The lowest BCUT2D eigenvalue weighted by Gasteiger charge is -2.36. The van der Waals surface area contributed by atoms with Crippen molar-refractivity contribution in [2.75, 3.05) is 19.6 Å². The van der Waals surface area contributed by atoms with E-state index in [1.807, 2.05) is 68.7 Å². The maximum atomic E-state index is 14.1. The number of H-pyrrole nitrogens is 1. The Morgan fingerprint density at radius 2 is 1.82 bits per heavy atom. The van der Waals surface area contributed by atoms with Crippen LogP contribution in [0.15, 0.2) is 65.7 Å². The zero-order chi connectivity index (χ0) is 26.8. The van der Waals surface area contributed by atoms with Crippen LogP contribution in [0.5, 0.6) is 0 Å². The zero-order valence-electron chi connectivity index (χ0n) is 22.2. The van der Waals surface area contributed by atoms with Crippen LogP contribution < -0.4 is 10.9 Å². The first kappa shape index (κ1) is 25.6. The number of imidazole rings is 1. The second kappa shape index (κ2) is 10.8. The maximum absolute atomic E-state index is 14.1. The smallest absolute Gasteiger partial charge is 0.275 e. The third-order valence-electron chi connectivity index (χ3n) is 8.31. The van der Waals surface area contributed by atoms with Crippen molar-refractivity contribution in [2.45, 2.75) is 63.3 Å². The van der Waals surface area contributed by atoms with Crippen molar-refractivity contribution in [3.8, 4) is 11.3 Å². The summed E-state index contributed by atoms with van der Waals surface area (Å²) in [5, 5.41) is 18.4. The Kier molecular flexibility index (Phi) is 7.10. The minimum absolute atomic E-state index is 0.0489. The van der Waals surface area contributed by atoms with E-state index in [1.54, 1.807) is 6.33 Å². The average molecular weight is 529 g/mol. The third kappa shape index (κ3) is 5.16. The molecule has 2 aromatic heterocycles. The highest BCUT2D eigenvalue weighted by atomic mass is 16.3. The van der Waals surface area contributed by atoms with Gasteiger partial charge in [0.25, 0.3) is 11.5 Å². The van der Waals surface area contributed by atoms with Gasteiger partial charge in [0.2, 0.25) is 0 Å². The SMILES string of the molecule is O=C(c1ncn(CC2(O)CCCCC2)c1-c1ccccc1)N1CCNC[C@H]1CCn1[nH]c(=O)c2ccccc21. The highest BCUT2D eigenvalue weighted by Crippen LogP contribution is 2.33. The van der Waals surface area contributed by atoms with Gasteiger partial charge in [-0.15, -0.1) is 0 Å². The molecular formula is C30H36N6O3. The third-order valence-corrected chi connectivity index (χ3v) is 8.31. The second-order valence-corrected chi connectivity index (χ2v) is 11.0. The zero-order valence-corrected chi connectivity index (χ0v) is 22.2. The second-order valence-electron chi connectivity index (χ2n) is 11.0. The van der Waals surface area contributed by atoms with Crippen molar-refractivity contribution < 1.29 is 9.90 Å². The van der Waals surface area contributed by atoms with Crippen LogP contribution in [0.4, 0.5) is 0 Å². The van der Waals surface area contributed by atoms with E-state index in [4.69, 9.17) is 0 Å². The van der Waals surface area contributed by atoms with Gasteiger partial charge in [0.05, 0.1) is 35.1 Å². The summed E-state index contributed by atoms with van der Waals surface area (Å²) in [7, 11) is 0. The Bertz CT molecular complexity index is 1500. The van der Waals surface area contributed by atoms with Crippen molar-refractivity contribution >= 4 is 16.8 Å². The summed E-state index contributed by atoms with van der Waals surface area (Å²) in [5.41, 5.74) is 2.09. The van der Waals surface area contributed by atoms with E-state index >= 15 is 0 Å². The minimum Gasteiger partial charge on any atom is -0.388 e. The normalized spacial score (nSPS) is 19.4. The van der Waals surface area contributed by atoms with Gasteiger partial charge in [-0.05, 0) is 31.4 Å². The molecule has 1 saturated heterocycles. The Hall–Kier alpha value is -3.69. The highest BCUT2D eigenvalue weighted by Gasteiger charge is 2.34. The first-order valence-corrected chi connectivity index (χ1v) is 14.0. The van der Waals surface area contributed by atoms with Crippen LogP contribution in [0.25, 0.3) is 22.2 Å². The van der Waals surface area contributed by atoms with Gasteiger partial charge in [0, 0.05) is 37.8 Å². The number of hydrogen-bond acceptors (Lipinski definition) is 5. The predicted molar refractivity (Wildman–Crippen MR) is 151 cm³/mol. The van der Waals surface area contributed by atoms with Gasteiger partial charge >= 0.3 is 0 Å². The largest absolute Gasteiger partial charge is 0.388 e. The Balaban J connectivity index is 1.28. The summed E-state index contributed by atoms with van der Waals surface area (Å²) >= 11 is 0. The summed E-state index contributed by atoms with van der Waals surface area (Å²) in [6.07, 6.45) is 7.12. The van der Waals surface area contributed by atoms with Crippen LogP contribution in [0.2, 0.25) is 0 Å². The molecule has 3 heterocycles. The van der Waals surface area contributed by atoms with Gasteiger partial charge in [-0.25, -0.2) is 4.98 Å². The molecule has 9 nitrogen and oxygen atoms in total. The standard InChI is InChI=1S/C30H36N6O3/c37-28-24-11-5-6-12-25(24)36(33-28)17-13-23-19-31-16-18-35(23)29(38)26-27(22-9-3-1-4-10-22)34(21-32-26)20-30(39)14-7-2-8-15-30/h1,3-6,9-12,21,23,31,39H,2,7-8,13-20H2,(H,33,37)/t23-/m1/s1. The number of hydrogen-bond donors (Lipinski definition) is 3.